The number of rotatable bonds is 5. The third-order valence-electron chi connectivity index (χ3n) is 3.68. The second-order valence-electron chi connectivity index (χ2n) is 5.22. The van der Waals surface area contributed by atoms with E-state index in [1.165, 1.54) is 6.42 Å². The average Bonchev–Trinajstić information content (AvgIpc) is 2.37. The Morgan fingerprint density at radius 2 is 2.11 bits per heavy atom. The van der Waals surface area contributed by atoms with E-state index in [0.717, 1.165) is 37.2 Å². The smallest absolute Gasteiger partial charge is 0.123 e. The van der Waals surface area contributed by atoms with Crippen molar-refractivity contribution in [2.45, 2.75) is 38.7 Å². The molecule has 106 valence electrons. The van der Waals surface area contributed by atoms with Crippen molar-refractivity contribution in [3.05, 3.63) is 18.2 Å². The number of anilines is 2. The molecule has 19 heavy (non-hydrogen) atoms. The van der Waals surface area contributed by atoms with Crippen LogP contribution in [0, 0.1) is 5.92 Å². The van der Waals surface area contributed by atoms with Gasteiger partial charge in [0.2, 0.25) is 0 Å². The van der Waals surface area contributed by atoms with Gasteiger partial charge in [-0.05, 0) is 25.8 Å². The van der Waals surface area contributed by atoms with Crippen molar-refractivity contribution < 1.29 is 9.84 Å². The Labute approximate surface area is 115 Å². The highest BCUT2D eigenvalue weighted by Crippen LogP contribution is 2.26. The summed E-state index contributed by atoms with van der Waals surface area (Å²) in [6.45, 7) is 3.37. The molecule has 4 nitrogen and oxygen atoms in total. The van der Waals surface area contributed by atoms with Crippen LogP contribution in [0.15, 0.2) is 18.2 Å². The first kappa shape index (κ1) is 14.0. The number of hydrogen-bond acceptors (Lipinski definition) is 4. The summed E-state index contributed by atoms with van der Waals surface area (Å²) in [5, 5.41) is 13.3. The highest BCUT2D eigenvalue weighted by Gasteiger charge is 2.22. The zero-order valence-electron chi connectivity index (χ0n) is 11.6. The van der Waals surface area contributed by atoms with Crippen LogP contribution in [0.4, 0.5) is 11.4 Å². The van der Waals surface area contributed by atoms with E-state index in [4.69, 9.17) is 10.5 Å². The van der Waals surface area contributed by atoms with E-state index >= 15 is 0 Å². The van der Waals surface area contributed by atoms with Gasteiger partial charge in [-0.1, -0.05) is 12.8 Å². The minimum Gasteiger partial charge on any atom is -0.494 e. The summed E-state index contributed by atoms with van der Waals surface area (Å²) < 4.78 is 5.47. The summed E-state index contributed by atoms with van der Waals surface area (Å²) in [6.07, 6.45) is 4.20. The second-order valence-corrected chi connectivity index (χ2v) is 5.22. The van der Waals surface area contributed by atoms with E-state index < -0.39 is 0 Å². The number of nitrogens with two attached hydrogens (primary N) is 1. The van der Waals surface area contributed by atoms with Crippen LogP contribution in [0.25, 0.3) is 0 Å². The molecule has 4 N–H and O–H groups in total. The van der Waals surface area contributed by atoms with Gasteiger partial charge in [0.05, 0.1) is 12.7 Å². The van der Waals surface area contributed by atoms with Gasteiger partial charge in [0.25, 0.3) is 0 Å². The minimum atomic E-state index is -0.173. The Hall–Kier alpha value is -1.42. The first-order chi connectivity index (χ1) is 9.19. The largest absolute Gasteiger partial charge is 0.494 e. The fraction of sp³-hybridized carbons (Fsp3) is 0.600. The molecule has 1 saturated carbocycles. The molecule has 2 rings (SSSR count). The van der Waals surface area contributed by atoms with Crippen molar-refractivity contribution in [1.29, 1.82) is 0 Å². The van der Waals surface area contributed by atoms with Gasteiger partial charge in [-0.25, -0.2) is 0 Å². The standard InChI is InChI=1S/C15H24N2O2/c1-2-19-14-8-12(16)7-13(9-14)17-10-11-5-3-4-6-15(11)18/h7-9,11,15,17-18H,2-6,10,16H2,1H3. The zero-order valence-corrected chi connectivity index (χ0v) is 11.6. The van der Waals surface area contributed by atoms with Gasteiger partial charge >= 0.3 is 0 Å². The Morgan fingerprint density at radius 1 is 1.32 bits per heavy atom. The molecule has 1 fully saturated rings. The summed E-state index contributed by atoms with van der Waals surface area (Å²) in [5.74, 6) is 1.12. The van der Waals surface area contributed by atoms with Crippen LogP contribution in [-0.4, -0.2) is 24.4 Å². The van der Waals surface area contributed by atoms with Gasteiger partial charge in [0.15, 0.2) is 0 Å². The third kappa shape index (κ3) is 4.03. The summed E-state index contributed by atoms with van der Waals surface area (Å²) in [6, 6.07) is 5.68. The Kier molecular flexibility index (Phi) is 4.91. The lowest BCUT2D eigenvalue weighted by molar-refractivity contribution is 0.0763. The molecule has 0 bridgehead atoms. The number of aliphatic hydroxyl groups excluding tert-OH is 1. The molecule has 1 aliphatic rings. The molecular formula is C15H24N2O2. The predicted molar refractivity (Wildman–Crippen MR) is 78.5 cm³/mol. The highest BCUT2D eigenvalue weighted by atomic mass is 16.5. The van der Waals surface area contributed by atoms with Crippen molar-refractivity contribution in [1.82, 2.24) is 0 Å². The molecule has 2 unspecified atom stereocenters. The third-order valence-corrected chi connectivity index (χ3v) is 3.68. The van der Waals surface area contributed by atoms with Crippen LogP contribution in [0.3, 0.4) is 0 Å². The van der Waals surface area contributed by atoms with E-state index in [1.54, 1.807) is 0 Å². The van der Waals surface area contributed by atoms with Crippen LogP contribution in [0.5, 0.6) is 5.75 Å². The summed E-state index contributed by atoms with van der Waals surface area (Å²) in [7, 11) is 0. The molecule has 0 aliphatic heterocycles. The fourth-order valence-electron chi connectivity index (χ4n) is 2.65. The summed E-state index contributed by atoms with van der Waals surface area (Å²) in [5.41, 5.74) is 7.51. The van der Waals surface area contributed by atoms with Crippen LogP contribution in [0.2, 0.25) is 0 Å². The Balaban J connectivity index is 1.94. The van der Waals surface area contributed by atoms with E-state index in [1.807, 2.05) is 25.1 Å². The van der Waals surface area contributed by atoms with E-state index in [0.29, 0.717) is 18.2 Å². The van der Waals surface area contributed by atoms with Crippen LogP contribution in [-0.2, 0) is 0 Å². The quantitative estimate of drug-likeness (QED) is 0.715. The maximum atomic E-state index is 9.95. The summed E-state index contributed by atoms with van der Waals surface area (Å²) in [4.78, 5) is 0. The first-order valence-electron chi connectivity index (χ1n) is 7.14. The van der Waals surface area contributed by atoms with Crippen LogP contribution >= 0.6 is 0 Å². The zero-order chi connectivity index (χ0) is 13.7. The first-order valence-corrected chi connectivity index (χ1v) is 7.14. The molecule has 0 radical (unpaired) electrons. The number of hydrogen-bond donors (Lipinski definition) is 3. The van der Waals surface area contributed by atoms with Crippen molar-refractivity contribution >= 4 is 11.4 Å². The Morgan fingerprint density at radius 3 is 2.84 bits per heavy atom. The summed E-state index contributed by atoms with van der Waals surface area (Å²) >= 11 is 0. The maximum absolute atomic E-state index is 9.95. The lowest BCUT2D eigenvalue weighted by atomic mass is 9.86. The molecule has 0 aromatic heterocycles. The van der Waals surface area contributed by atoms with Gasteiger partial charge in [0.1, 0.15) is 5.75 Å². The van der Waals surface area contributed by atoms with Crippen molar-refractivity contribution in [3.8, 4) is 5.75 Å². The maximum Gasteiger partial charge on any atom is 0.123 e. The number of nitrogen functional groups attached to an aromatic ring is 1. The minimum absolute atomic E-state index is 0.173. The van der Waals surface area contributed by atoms with Crippen molar-refractivity contribution in [2.75, 3.05) is 24.2 Å². The molecule has 4 heteroatoms. The monoisotopic (exact) mass is 264 g/mol. The molecule has 0 spiro atoms. The predicted octanol–water partition coefficient (Wildman–Crippen LogP) is 2.63. The van der Waals surface area contributed by atoms with E-state index in [2.05, 4.69) is 5.32 Å². The number of aliphatic hydroxyl groups is 1. The molecule has 0 saturated heterocycles. The molecule has 0 amide bonds. The van der Waals surface area contributed by atoms with Crippen LogP contribution in [0.1, 0.15) is 32.6 Å². The SMILES string of the molecule is CCOc1cc(N)cc(NCC2CCCCC2O)c1. The van der Waals surface area contributed by atoms with Crippen molar-refractivity contribution in [2.24, 2.45) is 5.92 Å². The van der Waals surface area contributed by atoms with Gasteiger partial charge in [0, 0.05) is 36.0 Å². The second kappa shape index (κ2) is 6.66. The molecule has 1 aromatic carbocycles. The van der Waals surface area contributed by atoms with Crippen LogP contribution < -0.4 is 15.8 Å². The molecular weight excluding hydrogens is 240 g/mol. The lowest BCUT2D eigenvalue weighted by Gasteiger charge is -2.28. The Bertz CT molecular complexity index is 409. The molecule has 0 heterocycles. The topological polar surface area (TPSA) is 67.5 Å². The highest BCUT2D eigenvalue weighted by molar-refractivity contribution is 5.59. The van der Waals surface area contributed by atoms with Gasteiger partial charge < -0.3 is 20.9 Å². The fourth-order valence-corrected chi connectivity index (χ4v) is 2.65. The number of benzene rings is 1. The van der Waals surface area contributed by atoms with Gasteiger partial charge in [-0.3, -0.25) is 0 Å². The van der Waals surface area contributed by atoms with E-state index in [-0.39, 0.29) is 6.10 Å². The average molecular weight is 264 g/mol. The molecule has 1 aromatic rings. The molecule has 1 aliphatic carbocycles. The van der Waals surface area contributed by atoms with Gasteiger partial charge in [-0.15, -0.1) is 0 Å². The normalized spacial score (nSPS) is 23.1. The van der Waals surface area contributed by atoms with Gasteiger partial charge in [-0.2, -0.15) is 0 Å². The van der Waals surface area contributed by atoms with Crippen molar-refractivity contribution in [3.63, 3.8) is 0 Å². The van der Waals surface area contributed by atoms with E-state index in [9.17, 15) is 5.11 Å². The molecule has 2 atom stereocenters. The lowest BCUT2D eigenvalue weighted by Crippen LogP contribution is -2.30. The number of nitrogens with one attached hydrogen (secondary N) is 1. The number of ether oxygens (including phenoxy) is 1.